The molecule has 4 nitrogen and oxygen atoms in total. The second kappa shape index (κ2) is 3.46. The van der Waals surface area contributed by atoms with Crippen LogP contribution in [0.1, 0.15) is 22.3 Å². The fourth-order valence-corrected chi connectivity index (χ4v) is 1.63. The van der Waals surface area contributed by atoms with Gasteiger partial charge in [-0.2, -0.15) is 5.26 Å². The van der Waals surface area contributed by atoms with E-state index in [9.17, 15) is 10.1 Å². The molecule has 4 heteroatoms. The van der Waals surface area contributed by atoms with Gasteiger partial charge in [-0.3, -0.25) is 10.1 Å². The molecule has 0 saturated heterocycles. The van der Waals surface area contributed by atoms with Gasteiger partial charge >= 0.3 is 0 Å². The van der Waals surface area contributed by atoms with Gasteiger partial charge in [0.1, 0.15) is 0 Å². The lowest BCUT2D eigenvalue weighted by Gasteiger charge is -2.05. The standard InChI is InChI=1S/C10H10N2O2/c1-6-4-7(2)10(12(13)14)8(3)9(6)5-11/h4H,1-3H3. The largest absolute Gasteiger partial charge is 0.276 e. The Labute approximate surface area is 81.9 Å². The van der Waals surface area contributed by atoms with Crippen molar-refractivity contribution in [2.45, 2.75) is 20.8 Å². The van der Waals surface area contributed by atoms with Gasteiger partial charge in [-0.1, -0.05) is 0 Å². The molecule has 0 radical (unpaired) electrons. The number of hydrogen-bond acceptors (Lipinski definition) is 3. The van der Waals surface area contributed by atoms with Crippen molar-refractivity contribution in [3.8, 4) is 6.07 Å². The van der Waals surface area contributed by atoms with Crippen molar-refractivity contribution in [2.24, 2.45) is 0 Å². The molecule has 0 aliphatic heterocycles. The number of nitrogens with zero attached hydrogens (tertiary/aromatic N) is 2. The van der Waals surface area contributed by atoms with Gasteiger partial charge < -0.3 is 0 Å². The summed E-state index contributed by atoms with van der Waals surface area (Å²) in [6.45, 7) is 5.07. The minimum atomic E-state index is -0.440. The second-order valence-electron chi connectivity index (χ2n) is 3.23. The molecule has 0 bridgehead atoms. The topological polar surface area (TPSA) is 66.9 Å². The summed E-state index contributed by atoms with van der Waals surface area (Å²) in [5.41, 5.74) is 2.29. The van der Waals surface area contributed by atoms with Gasteiger partial charge in [0.2, 0.25) is 0 Å². The van der Waals surface area contributed by atoms with Crippen LogP contribution >= 0.6 is 0 Å². The first-order chi connectivity index (χ1) is 6.49. The highest BCUT2D eigenvalue weighted by Gasteiger charge is 2.19. The zero-order chi connectivity index (χ0) is 10.9. The molecule has 14 heavy (non-hydrogen) atoms. The fourth-order valence-electron chi connectivity index (χ4n) is 1.63. The third kappa shape index (κ3) is 1.44. The molecule has 0 fully saturated rings. The Kier molecular flexibility index (Phi) is 2.52. The predicted molar refractivity (Wildman–Crippen MR) is 52.0 cm³/mol. The Hall–Kier alpha value is -1.89. The van der Waals surface area contributed by atoms with E-state index in [1.54, 1.807) is 26.8 Å². The van der Waals surface area contributed by atoms with Gasteiger partial charge in [-0.05, 0) is 32.4 Å². The summed E-state index contributed by atoms with van der Waals surface area (Å²) in [6, 6.07) is 3.65. The van der Waals surface area contributed by atoms with Crippen LogP contribution in [-0.2, 0) is 0 Å². The van der Waals surface area contributed by atoms with Crippen molar-refractivity contribution >= 4 is 5.69 Å². The van der Waals surface area contributed by atoms with Crippen molar-refractivity contribution in [1.82, 2.24) is 0 Å². The lowest BCUT2D eigenvalue weighted by molar-refractivity contribution is -0.386. The molecular formula is C10H10N2O2. The summed E-state index contributed by atoms with van der Waals surface area (Å²) in [6.07, 6.45) is 0. The fraction of sp³-hybridized carbons (Fsp3) is 0.300. The molecule has 0 heterocycles. The van der Waals surface area contributed by atoms with Crippen LogP contribution in [0.5, 0.6) is 0 Å². The SMILES string of the molecule is Cc1cc(C)c([N+](=O)[O-])c(C)c1C#N. The smallest absolute Gasteiger partial charge is 0.258 e. The number of rotatable bonds is 1. The molecule has 0 aliphatic carbocycles. The summed E-state index contributed by atoms with van der Waals surface area (Å²) in [7, 11) is 0. The van der Waals surface area contributed by atoms with Crippen molar-refractivity contribution in [3.63, 3.8) is 0 Å². The van der Waals surface area contributed by atoms with Crippen molar-refractivity contribution < 1.29 is 4.92 Å². The lowest BCUT2D eigenvalue weighted by Crippen LogP contribution is -1.99. The zero-order valence-corrected chi connectivity index (χ0v) is 8.29. The monoisotopic (exact) mass is 190 g/mol. The molecule has 0 atom stereocenters. The Morgan fingerprint density at radius 3 is 2.36 bits per heavy atom. The molecule has 0 saturated carbocycles. The molecule has 0 spiro atoms. The van der Waals surface area contributed by atoms with Crippen LogP contribution in [0.25, 0.3) is 0 Å². The molecule has 72 valence electrons. The van der Waals surface area contributed by atoms with E-state index in [0.29, 0.717) is 16.7 Å². The molecule has 0 aliphatic rings. The normalized spacial score (nSPS) is 9.57. The van der Waals surface area contributed by atoms with Crippen LogP contribution in [0.15, 0.2) is 6.07 Å². The first kappa shape index (κ1) is 10.2. The highest BCUT2D eigenvalue weighted by atomic mass is 16.6. The summed E-state index contributed by atoms with van der Waals surface area (Å²) >= 11 is 0. The highest BCUT2D eigenvalue weighted by molar-refractivity contribution is 5.58. The first-order valence-electron chi connectivity index (χ1n) is 4.14. The average Bonchev–Trinajstić information content (AvgIpc) is 2.02. The summed E-state index contributed by atoms with van der Waals surface area (Å²) in [5.74, 6) is 0. The van der Waals surface area contributed by atoms with Crippen LogP contribution in [0.4, 0.5) is 5.69 Å². The van der Waals surface area contributed by atoms with Gasteiger partial charge in [0.05, 0.1) is 16.6 Å². The number of aryl methyl sites for hydroxylation is 2. The maximum Gasteiger partial charge on any atom is 0.276 e. The van der Waals surface area contributed by atoms with Gasteiger partial charge in [0.15, 0.2) is 0 Å². The minimum absolute atomic E-state index is 0.0483. The van der Waals surface area contributed by atoms with Crippen molar-refractivity contribution in [3.05, 3.63) is 38.4 Å². The van der Waals surface area contributed by atoms with Gasteiger partial charge in [0, 0.05) is 11.1 Å². The predicted octanol–water partition coefficient (Wildman–Crippen LogP) is 2.39. The molecule has 1 aromatic carbocycles. The Morgan fingerprint density at radius 2 is 1.93 bits per heavy atom. The molecule has 1 aromatic rings. The second-order valence-corrected chi connectivity index (χ2v) is 3.23. The van der Waals surface area contributed by atoms with E-state index in [1.165, 1.54) is 0 Å². The highest BCUT2D eigenvalue weighted by Crippen LogP contribution is 2.27. The third-order valence-electron chi connectivity index (χ3n) is 2.23. The van der Waals surface area contributed by atoms with Gasteiger partial charge in [-0.15, -0.1) is 0 Å². The minimum Gasteiger partial charge on any atom is -0.258 e. The van der Waals surface area contributed by atoms with E-state index in [2.05, 4.69) is 0 Å². The maximum absolute atomic E-state index is 10.7. The van der Waals surface area contributed by atoms with Crippen LogP contribution in [-0.4, -0.2) is 4.92 Å². The van der Waals surface area contributed by atoms with E-state index < -0.39 is 4.92 Å². The van der Waals surface area contributed by atoms with Gasteiger partial charge in [-0.25, -0.2) is 0 Å². The number of hydrogen-bond donors (Lipinski definition) is 0. The number of nitro groups is 1. The molecule has 1 rings (SSSR count). The number of nitro benzene ring substituents is 1. The quantitative estimate of drug-likeness (QED) is 0.504. The van der Waals surface area contributed by atoms with Crippen molar-refractivity contribution in [2.75, 3.05) is 0 Å². The molecule has 0 N–H and O–H groups in total. The summed E-state index contributed by atoms with van der Waals surface area (Å²) in [5, 5.41) is 19.5. The van der Waals surface area contributed by atoms with Crippen molar-refractivity contribution in [1.29, 1.82) is 5.26 Å². The van der Waals surface area contributed by atoms with Gasteiger partial charge in [0.25, 0.3) is 5.69 Å². The van der Waals surface area contributed by atoms with Crippen LogP contribution < -0.4 is 0 Å². The molecule has 0 amide bonds. The van der Waals surface area contributed by atoms with E-state index in [4.69, 9.17) is 5.26 Å². The van der Waals surface area contributed by atoms with E-state index in [-0.39, 0.29) is 5.69 Å². The molecule has 0 aromatic heterocycles. The van der Waals surface area contributed by atoms with Crippen LogP contribution in [0, 0.1) is 42.2 Å². The number of nitriles is 1. The molecular weight excluding hydrogens is 180 g/mol. The van der Waals surface area contributed by atoms with E-state index in [0.717, 1.165) is 5.56 Å². The Morgan fingerprint density at radius 1 is 1.36 bits per heavy atom. The van der Waals surface area contributed by atoms with Crippen LogP contribution in [0.3, 0.4) is 0 Å². The Bertz CT molecular complexity index is 444. The summed E-state index contributed by atoms with van der Waals surface area (Å²) < 4.78 is 0. The van der Waals surface area contributed by atoms with E-state index in [1.807, 2.05) is 6.07 Å². The van der Waals surface area contributed by atoms with E-state index >= 15 is 0 Å². The summed E-state index contributed by atoms with van der Waals surface area (Å²) in [4.78, 5) is 10.3. The number of benzene rings is 1. The Balaban J connectivity index is 3.62. The third-order valence-corrected chi connectivity index (χ3v) is 2.23. The lowest BCUT2D eigenvalue weighted by atomic mass is 9.98. The zero-order valence-electron chi connectivity index (χ0n) is 8.29. The average molecular weight is 190 g/mol. The van der Waals surface area contributed by atoms with Crippen LogP contribution in [0.2, 0.25) is 0 Å². The first-order valence-corrected chi connectivity index (χ1v) is 4.14. The maximum atomic E-state index is 10.7. The molecule has 0 unspecified atom stereocenters.